The molecule has 0 unspecified atom stereocenters. The number of hydrogen-bond acceptors (Lipinski definition) is 3. The van der Waals surface area contributed by atoms with Crippen LogP contribution in [0.1, 0.15) is 29.2 Å². The van der Waals surface area contributed by atoms with Gasteiger partial charge in [0.1, 0.15) is 6.61 Å². The second kappa shape index (κ2) is 10.1. The monoisotopic (exact) mass is 519 g/mol. The van der Waals surface area contributed by atoms with E-state index in [0.717, 1.165) is 31.7 Å². The Balaban J connectivity index is 1.86. The standard InChI is InChI=1S/C24H23ClINO2/c1-4-28-23-13-18(14-27-22-11-16(2)9-10-17(22)3)12-21(26)24(23)29-15-19-7-5-6-8-20(19)25/h5-14H,4,15H2,1-3H3. The normalized spacial score (nSPS) is 11.1. The first-order valence-electron chi connectivity index (χ1n) is 9.41. The molecular weight excluding hydrogens is 497 g/mol. The van der Waals surface area contributed by atoms with Gasteiger partial charge in [-0.05, 0) is 84.3 Å². The van der Waals surface area contributed by atoms with Crippen molar-refractivity contribution in [3.8, 4) is 11.5 Å². The molecule has 0 saturated heterocycles. The highest BCUT2D eigenvalue weighted by molar-refractivity contribution is 14.1. The van der Waals surface area contributed by atoms with Crippen molar-refractivity contribution in [3.05, 3.63) is 85.4 Å². The minimum Gasteiger partial charge on any atom is -0.490 e. The van der Waals surface area contributed by atoms with Gasteiger partial charge in [0.05, 0.1) is 15.9 Å². The van der Waals surface area contributed by atoms with Gasteiger partial charge in [-0.25, -0.2) is 0 Å². The van der Waals surface area contributed by atoms with Gasteiger partial charge in [0, 0.05) is 16.8 Å². The van der Waals surface area contributed by atoms with E-state index in [0.29, 0.717) is 24.0 Å². The third-order valence-electron chi connectivity index (χ3n) is 4.38. The first kappa shape index (κ1) is 21.7. The molecule has 0 aliphatic carbocycles. The van der Waals surface area contributed by atoms with Crippen LogP contribution in [0.2, 0.25) is 5.02 Å². The molecule has 0 bridgehead atoms. The zero-order valence-corrected chi connectivity index (χ0v) is 19.6. The Morgan fingerprint density at radius 3 is 2.59 bits per heavy atom. The Kier molecular flexibility index (Phi) is 7.56. The van der Waals surface area contributed by atoms with Crippen molar-refractivity contribution in [1.29, 1.82) is 0 Å². The second-order valence-corrected chi connectivity index (χ2v) is 8.26. The van der Waals surface area contributed by atoms with Gasteiger partial charge in [0.15, 0.2) is 11.5 Å². The summed E-state index contributed by atoms with van der Waals surface area (Å²) in [4.78, 5) is 4.67. The molecule has 3 aromatic carbocycles. The predicted octanol–water partition coefficient (Wildman–Crippen LogP) is 7.29. The molecule has 0 radical (unpaired) electrons. The number of aryl methyl sites for hydroxylation is 2. The number of hydrogen-bond donors (Lipinski definition) is 0. The fraction of sp³-hybridized carbons (Fsp3) is 0.208. The lowest BCUT2D eigenvalue weighted by Gasteiger charge is -2.15. The highest BCUT2D eigenvalue weighted by atomic mass is 127. The topological polar surface area (TPSA) is 30.8 Å². The molecule has 29 heavy (non-hydrogen) atoms. The molecule has 0 amide bonds. The van der Waals surface area contributed by atoms with E-state index in [1.165, 1.54) is 5.56 Å². The third-order valence-corrected chi connectivity index (χ3v) is 5.55. The van der Waals surface area contributed by atoms with Crippen LogP contribution in [0, 0.1) is 17.4 Å². The quantitative estimate of drug-likeness (QED) is 0.242. The third kappa shape index (κ3) is 5.73. The molecule has 3 aromatic rings. The first-order chi connectivity index (χ1) is 14.0. The Morgan fingerprint density at radius 2 is 1.83 bits per heavy atom. The summed E-state index contributed by atoms with van der Waals surface area (Å²) in [6.07, 6.45) is 1.87. The van der Waals surface area contributed by atoms with Crippen LogP contribution in [0.4, 0.5) is 5.69 Å². The van der Waals surface area contributed by atoms with E-state index in [1.807, 2.05) is 49.5 Å². The van der Waals surface area contributed by atoms with E-state index in [4.69, 9.17) is 21.1 Å². The summed E-state index contributed by atoms with van der Waals surface area (Å²) < 4.78 is 12.9. The highest BCUT2D eigenvalue weighted by Crippen LogP contribution is 2.35. The fourth-order valence-electron chi connectivity index (χ4n) is 2.83. The highest BCUT2D eigenvalue weighted by Gasteiger charge is 2.13. The minimum absolute atomic E-state index is 0.381. The maximum absolute atomic E-state index is 6.25. The first-order valence-corrected chi connectivity index (χ1v) is 10.9. The summed E-state index contributed by atoms with van der Waals surface area (Å²) in [6, 6.07) is 17.9. The summed E-state index contributed by atoms with van der Waals surface area (Å²) in [5.41, 5.74) is 5.20. The van der Waals surface area contributed by atoms with Crippen LogP contribution in [-0.4, -0.2) is 12.8 Å². The van der Waals surface area contributed by atoms with E-state index < -0.39 is 0 Å². The molecular formula is C24H23ClINO2. The molecule has 0 fully saturated rings. The molecule has 0 saturated carbocycles. The van der Waals surface area contributed by atoms with Gasteiger partial charge in [-0.1, -0.05) is 41.9 Å². The second-order valence-electron chi connectivity index (χ2n) is 6.69. The van der Waals surface area contributed by atoms with Crippen LogP contribution < -0.4 is 9.47 Å². The average Bonchev–Trinajstić information content (AvgIpc) is 2.69. The Hall–Kier alpha value is -2.05. The number of halogens is 2. The Labute approximate surface area is 190 Å². The largest absolute Gasteiger partial charge is 0.490 e. The smallest absolute Gasteiger partial charge is 0.175 e. The van der Waals surface area contributed by atoms with E-state index in [9.17, 15) is 0 Å². The summed E-state index contributed by atoms with van der Waals surface area (Å²) in [6.45, 7) is 7.02. The van der Waals surface area contributed by atoms with E-state index in [2.05, 4.69) is 59.6 Å². The predicted molar refractivity (Wildman–Crippen MR) is 129 cm³/mol. The fourth-order valence-corrected chi connectivity index (χ4v) is 3.80. The lowest BCUT2D eigenvalue weighted by Crippen LogP contribution is -2.03. The van der Waals surface area contributed by atoms with Crippen molar-refractivity contribution in [2.75, 3.05) is 6.61 Å². The molecule has 0 aromatic heterocycles. The van der Waals surface area contributed by atoms with Crippen molar-refractivity contribution < 1.29 is 9.47 Å². The van der Waals surface area contributed by atoms with E-state index in [-0.39, 0.29) is 0 Å². The molecule has 150 valence electrons. The van der Waals surface area contributed by atoms with Gasteiger partial charge in [0.2, 0.25) is 0 Å². The zero-order valence-electron chi connectivity index (χ0n) is 16.7. The van der Waals surface area contributed by atoms with Crippen molar-refractivity contribution in [3.63, 3.8) is 0 Å². The Morgan fingerprint density at radius 1 is 1.03 bits per heavy atom. The van der Waals surface area contributed by atoms with Gasteiger partial charge in [0.25, 0.3) is 0 Å². The summed E-state index contributed by atoms with van der Waals surface area (Å²) >= 11 is 8.52. The maximum Gasteiger partial charge on any atom is 0.175 e. The molecule has 0 aliphatic rings. The SMILES string of the molecule is CCOc1cc(C=Nc2cc(C)ccc2C)cc(I)c1OCc1ccccc1Cl. The maximum atomic E-state index is 6.25. The van der Waals surface area contributed by atoms with Gasteiger partial charge in [-0.3, -0.25) is 4.99 Å². The molecule has 0 atom stereocenters. The molecule has 3 rings (SSSR count). The van der Waals surface area contributed by atoms with Crippen molar-refractivity contribution >= 4 is 46.1 Å². The number of nitrogens with zero attached hydrogens (tertiary/aromatic N) is 1. The Bertz CT molecular complexity index is 1030. The molecule has 0 spiro atoms. The summed E-state index contributed by atoms with van der Waals surface area (Å²) in [5.74, 6) is 1.42. The van der Waals surface area contributed by atoms with Crippen LogP contribution >= 0.6 is 34.2 Å². The van der Waals surface area contributed by atoms with Crippen molar-refractivity contribution in [1.82, 2.24) is 0 Å². The molecule has 0 heterocycles. The number of aliphatic imine (C=N–C) groups is 1. The van der Waals surface area contributed by atoms with Crippen LogP contribution in [0.15, 0.2) is 59.6 Å². The van der Waals surface area contributed by atoms with E-state index >= 15 is 0 Å². The van der Waals surface area contributed by atoms with Gasteiger partial charge >= 0.3 is 0 Å². The summed E-state index contributed by atoms with van der Waals surface area (Å²) in [7, 11) is 0. The van der Waals surface area contributed by atoms with Crippen molar-refractivity contribution in [2.45, 2.75) is 27.4 Å². The van der Waals surface area contributed by atoms with Crippen LogP contribution in [0.3, 0.4) is 0 Å². The molecule has 3 nitrogen and oxygen atoms in total. The van der Waals surface area contributed by atoms with Gasteiger partial charge in [-0.2, -0.15) is 0 Å². The zero-order chi connectivity index (χ0) is 20.8. The average molecular weight is 520 g/mol. The minimum atomic E-state index is 0.381. The van der Waals surface area contributed by atoms with E-state index in [1.54, 1.807) is 0 Å². The lowest BCUT2D eigenvalue weighted by atomic mass is 10.1. The van der Waals surface area contributed by atoms with Gasteiger partial charge in [-0.15, -0.1) is 0 Å². The number of ether oxygens (including phenoxy) is 2. The lowest BCUT2D eigenvalue weighted by molar-refractivity contribution is 0.267. The molecule has 0 N–H and O–H groups in total. The van der Waals surface area contributed by atoms with Crippen LogP contribution in [-0.2, 0) is 6.61 Å². The molecule has 0 aliphatic heterocycles. The van der Waals surface area contributed by atoms with Crippen molar-refractivity contribution in [2.24, 2.45) is 4.99 Å². The summed E-state index contributed by atoms with van der Waals surface area (Å²) in [5, 5.41) is 0.692. The van der Waals surface area contributed by atoms with Crippen LogP contribution in [0.5, 0.6) is 11.5 Å². The molecule has 5 heteroatoms. The number of rotatable bonds is 7. The number of benzene rings is 3. The van der Waals surface area contributed by atoms with Crippen LogP contribution in [0.25, 0.3) is 0 Å². The van der Waals surface area contributed by atoms with Gasteiger partial charge < -0.3 is 9.47 Å².